The SMILES string of the molecule is N=C(N)c1cccc(CNS(=O)(=O)C2CCOCC2)c1. The maximum atomic E-state index is 12.1. The van der Waals surface area contributed by atoms with Gasteiger partial charge < -0.3 is 10.5 Å². The van der Waals surface area contributed by atoms with E-state index in [1.165, 1.54) is 0 Å². The fourth-order valence-electron chi connectivity index (χ4n) is 2.14. The Balaban J connectivity index is 2.00. The van der Waals surface area contributed by atoms with Crippen molar-refractivity contribution < 1.29 is 13.2 Å². The van der Waals surface area contributed by atoms with Crippen molar-refractivity contribution in [2.75, 3.05) is 13.2 Å². The summed E-state index contributed by atoms with van der Waals surface area (Å²) in [5.41, 5.74) is 6.79. The van der Waals surface area contributed by atoms with E-state index in [0.717, 1.165) is 5.56 Å². The van der Waals surface area contributed by atoms with Crippen LogP contribution in [0.4, 0.5) is 0 Å². The van der Waals surface area contributed by atoms with Crippen molar-refractivity contribution in [1.29, 1.82) is 5.41 Å². The lowest BCUT2D eigenvalue weighted by molar-refractivity contribution is 0.0981. The summed E-state index contributed by atoms with van der Waals surface area (Å²) in [5, 5.41) is 6.99. The average molecular weight is 297 g/mol. The molecule has 0 spiro atoms. The standard InChI is InChI=1S/C13H19N3O3S/c14-13(15)11-3-1-2-10(8-11)9-16-20(17,18)12-4-6-19-7-5-12/h1-3,8,12,16H,4-7,9H2,(H3,14,15). The predicted molar refractivity (Wildman–Crippen MR) is 77.1 cm³/mol. The van der Waals surface area contributed by atoms with Crippen molar-refractivity contribution in [3.05, 3.63) is 35.4 Å². The smallest absolute Gasteiger partial charge is 0.214 e. The van der Waals surface area contributed by atoms with Crippen LogP contribution in [0.2, 0.25) is 0 Å². The molecule has 110 valence electrons. The van der Waals surface area contributed by atoms with Gasteiger partial charge in [-0.15, -0.1) is 0 Å². The lowest BCUT2D eigenvalue weighted by Gasteiger charge is -2.22. The molecule has 0 aromatic heterocycles. The second-order valence-corrected chi connectivity index (χ2v) is 6.84. The Kier molecular flexibility index (Phi) is 4.74. The number of hydrogen-bond acceptors (Lipinski definition) is 4. The fourth-order valence-corrected chi connectivity index (χ4v) is 3.55. The van der Waals surface area contributed by atoms with Gasteiger partial charge in [-0.25, -0.2) is 13.1 Å². The summed E-state index contributed by atoms with van der Waals surface area (Å²) < 4.78 is 32.1. The maximum Gasteiger partial charge on any atom is 0.214 e. The molecule has 0 unspecified atom stereocenters. The van der Waals surface area contributed by atoms with Gasteiger partial charge in [-0.2, -0.15) is 0 Å². The van der Waals surface area contributed by atoms with E-state index in [4.69, 9.17) is 15.9 Å². The van der Waals surface area contributed by atoms with Crippen LogP contribution in [-0.2, 0) is 21.3 Å². The Bertz CT molecular complexity index is 580. The number of sulfonamides is 1. The van der Waals surface area contributed by atoms with E-state index in [-0.39, 0.29) is 17.6 Å². The van der Waals surface area contributed by atoms with E-state index in [0.29, 0.717) is 31.6 Å². The molecule has 1 fully saturated rings. The zero-order valence-corrected chi connectivity index (χ0v) is 11.9. The average Bonchev–Trinajstić information content (AvgIpc) is 2.46. The minimum atomic E-state index is -3.33. The normalized spacial score (nSPS) is 17.0. The topological polar surface area (TPSA) is 105 Å². The highest BCUT2D eigenvalue weighted by Gasteiger charge is 2.27. The van der Waals surface area contributed by atoms with Crippen LogP contribution in [0.5, 0.6) is 0 Å². The third-order valence-corrected chi connectivity index (χ3v) is 5.22. The Labute approximate surface area is 118 Å². The minimum absolute atomic E-state index is 0.0286. The van der Waals surface area contributed by atoms with Gasteiger partial charge in [0.25, 0.3) is 0 Å². The molecule has 7 heteroatoms. The van der Waals surface area contributed by atoms with Crippen LogP contribution in [0, 0.1) is 5.41 Å². The van der Waals surface area contributed by atoms with E-state index in [1.807, 2.05) is 0 Å². The van der Waals surface area contributed by atoms with Crippen molar-refractivity contribution in [1.82, 2.24) is 4.72 Å². The van der Waals surface area contributed by atoms with Gasteiger partial charge in [0, 0.05) is 25.3 Å². The van der Waals surface area contributed by atoms with Gasteiger partial charge in [0.15, 0.2) is 0 Å². The first-order chi connectivity index (χ1) is 9.49. The fraction of sp³-hybridized carbons (Fsp3) is 0.462. The van der Waals surface area contributed by atoms with Gasteiger partial charge in [-0.3, -0.25) is 5.41 Å². The van der Waals surface area contributed by atoms with Crippen LogP contribution in [0.25, 0.3) is 0 Å². The molecule has 1 aliphatic heterocycles. The van der Waals surface area contributed by atoms with Gasteiger partial charge in [-0.1, -0.05) is 18.2 Å². The molecule has 6 nitrogen and oxygen atoms in total. The van der Waals surface area contributed by atoms with E-state index >= 15 is 0 Å². The van der Waals surface area contributed by atoms with Gasteiger partial charge in [0.2, 0.25) is 10.0 Å². The van der Waals surface area contributed by atoms with Crippen LogP contribution < -0.4 is 10.5 Å². The summed E-state index contributed by atoms with van der Waals surface area (Å²) in [4.78, 5) is 0. The number of nitrogens with one attached hydrogen (secondary N) is 2. The van der Waals surface area contributed by atoms with Crippen molar-refractivity contribution in [3.63, 3.8) is 0 Å². The lowest BCUT2D eigenvalue weighted by atomic mass is 10.1. The van der Waals surface area contributed by atoms with E-state index in [2.05, 4.69) is 4.72 Å². The minimum Gasteiger partial charge on any atom is -0.384 e. The molecule has 0 atom stereocenters. The van der Waals surface area contributed by atoms with Crippen molar-refractivity contribution in [2.24, 2.45) is 5.73 Å². The second-order valence-electron chi connectivity index (χ2n) is 4.79. The summed E-state index contributed by atoms with van der Waals surface area (Å²) in [7, 11) is -3.33. The maximum absolute atomic E-state index is 12.1. The molecule has 4 N–H and O–H groups in total. The first-order valence-corrected chi connectivity index (χ1v) is 8.03. The molecule has 0 bridgehead atoms. The molecule has 1 aromatic carbocycles. The predicted octanol–water partition coefficient (Wildman–Crippen LogP) is 0.569. The highest BCUT2D eigenvalue weighted by Crippen LogP contribution is 2.15. The largest absolute Gasteiger partial charge is 0.384 e. The summed E-state index contributed by atoms with van der Waals surface area (Å²) >= 11 is 0. The number of nitrogen functional groups attached to an aromatic ring is 1. The monoisotopic (exact) mass is 297 g/mol. The van der Waals surface area contributed by atoms with Gasteiger partial charge in [0.1, 0.15) is 5.84 Å². The molecule has 2 rings (SSSR count). The van der Waals surface area contributed by atoms with E-state index in [1.54, 1.807) is 24.3 Å². The molecule has 0 radical (unpaired) electrons. The summed E-state index contributed by atoms with van der Waals surface area (Å²) in [6.45, 7) is 1.19. The van der Waals surface area contributed by atoms with Gasteiger partial charge >= 0.3 is 0 Å². The zero-order chi connectivity index (χ0) is 14.6. The van der Waals surface area contributed by atoms with Crippen LogP contribution in [0.1, 0.15) is 24.0 Å². The third kappa shape index (κ3) is 3.78. The number of rotatable bonds is 5. The van der Waals surface area contributed by atoms with Gasteiger partial charge in [-0.05, 0) is 24.5 Å². The number of nitrogens with two attached hydrogens (primary N) is 1. The van der Waals surface area contributed by atoms with E-state index < -0.39 is 10.0 Å². The van der Waals surface area contributed by atoms with Crippen molar-refractivity contribution in [3.8, 4) is 0 Å². The Morgan fingerprint density at radius 2 is 2.10 bits per heavy atom. The van der Waals surface area contributed by atoms with Crippen LogP contribution >= 0.6 is 0 Å². The highest BCUT2D eigenvalue weighted by molar-refractivity contribution is 7.90. The van der Waals surface area contributed by atoms with Crippen LogP contribution in [-0.4, -0.2) is 32.7 Å². The number of benzene rings is 1. The zero-order valence-electron chi connectivity index (χ0n) is 11.1. The van der Waals surface area contributed by atoms with Crippen LogP contribution in [0.3, 0.4) is 0 Å². The molecular weight excluding hydrogens is 278 g/mol. The molecule has 20 heavy (non-hydrogen) atoms. The third-order valence-electron chi connectivity index (χ3n) is 3.32. The Morgan fingerprint density at radius 3 is 2.75 bits per heavy atom. The molecule has 1 heterocycles. The number of hydrogen-bond donors (Lipinski definition) is 3. The number of amidine groups is 1. The molecule has 1 aliphatic rings. The molecule has 0 aliphatic carbocycles. The molecular formula is C13H19N3O3S. The van der Waals surface area contributed by atoms with E-state index in [9.17, 15) is 8.42 Å². The summed E-state index contributed by atoms with van der Waals surface area (Å²) in [5.74, 6) is -0.0286. The molecule has 0 amide bonds. The molecule has 0 saturated carbocycles. The first kappa shape index (κ1) is 15.0. The Morgan fingerprint density at radius 1 is 1.40 bits per heavy atom. The molecule has 1 saturated heterocycles. The summed E-state index contributed by atoms with van der Waals surface area (Å²) in [6.07, 6.45) is 1.06. The summed E-state index contributed by atoms with van der Waals surface area (Å²) in [6, 6.07) is 7.00. The first-order valence-electron chi connectivity index (χ1n) is 6.48. The quantitative estimate of drug-likeness (QED) is 0.545. The Hall–Kier alpha value is -1.44. The van der Waals surface area contributed by atoms with Crippen molar-refractivity contribution in [2.45, 2.75) is 24.6 Å². The molecule has 1 aromatic rings. The van der Waals surface area contributed by atoms with Crippen molar-refractivity contribution >= 4 is 15.9 Å². The second kappa shape index (κ2) is 6.34. The number of ether oxygens (including phenoxy) is 1. The lowest BCUT2D eigenvalue weighted by Crippen LogP contribution is -2.37. The van der Waals surface area contributed by atoms with Crippen LogP contribution in [0.15, 0.2) is 24.3 Å². The highest BCUT2D eigenvalue weighted by atomic mass is 32.2. The van der Waals surface area contributed by atoms with Gasteiger partial charge in [0.05, 0.1) is 5.25 Å².